The van der Waals surface area contributed by atoms with Gasteiger partial charge in [-0.25, -0.2) is 4.68 Å². The van der Waals surface area contributed by atoms with Crippen molar-refractivity contribution in [2.24, 2.45) is 0 Å². The molecule has 2 nitrogen and oxygen atoms in total. The molecule has 0 bridgehead atoms. The van der Waals surface area contributed by atoms with Crippen molar-refractivity contribution >= 4 is 26.8 Å². The quantitative estimate of drug-likeness (QED) is 0.470. The SMILES string of the molecule is Brc1ccc(-c2c3ccccc3nn2-c2ccccc2)cc1. The van der Waals surface area contributed by atoms with Gasteiger partial charge in [-0.1, -0.05) is 64.5 Å². The fourth-order valence-electron chi connectivity index (χ4n) is 2.67. The number of halogens is 1. The summed E-state index contributed by atoms with van der Waals surface area (Å²) in [6.45, 7) is 0. The first kappa shape index (κ1) is 13.3. The maximum Gasteiger partial charge on any atom is 0.0934 e. The van der Waals surface area contributed by atoms with Crippen molar-refractivity contribution < 1.29 is 0 Å². The summed E-state index contributed by atoms with van der Waals surface area (Å²) < 4.78 is 3.10. The van der Waals surface area contributed by atoms with Crippen LogP contribution in [0.5, 0.6) is 0 Å². The first-order valence-electron chi connectivity index (χ1n) is 7.12. The molecule has 1 aromatic heterocycles. The smallest absolute Gasteiger partial charge is 0.0934 e. The zero-order valence-electron chi connectivity index (χ0n) is 11.8. The lowest BCUT2D eigenvalue weighted by atomic mass is 10.1. The Kier molecular flexibility index (Phi) is 3.28. The maximum atomic E-state index is 4.79. The van der Waals surface area contributed by atoms with Gasteiger partial charge >= 0.3 is 0 Å². The van der Waals surface area contributed by atoms with Gasteiger partial charge < -0.3 is 0 Å². The number of aromatic nitrogens is 2. The molecule has 0 aliphatic rings. The van der Waals surface area contributed by atoms with Crippen LogP contribution in [-0.4, -0.2) is 9.78 Å². The van der Waals surface area contributed by atoms with Gasteiger partial charge in [-0.3, -0.25) is 0 Å². The summed E-state index contributed by atoms with van der Waals surface area (Å²) in [6, 6.07) is 26.9. The molecule has 3 aromatic carbocycles. The van der Waals surface area contributed by atoms with E-state index in [0.717, 1.165) is 32.3 Å². The summed E-state index contributed by atoms with van der Waals surface area (Å²) in [5.74, 6) is 0. The fourth-order valence-corrected chi connectivity index (χ4v) is 2.94. The number of hydrogen-bond donors (Lipinski definition) is 0. The van der Waals surface area contributed by atoms with Gasteiger partial charge in [-0.05, 0) is 30.3 Å². The van der Waals surface area contributed by atoms with E-state index in [1.165, 1.54) is 0 Å². The van der Waals surface area contributed by atoms with E-state index in [4.69, 9.17) is 5.10 Å². The van der Waals surface area contributed by atoms with Crippen molar-refractivity contribution in [1.29, 1.82) is 0 Å². The van der Waals surface area contributed by atoms with Crippen LogP contribution in [0.25, 0.3) is 27.8 Å². The van der Waals surface area contributed by atoms with E-state index < -0.39 is 0 Å². The largest absolute Gasteiger partial charge is 0.232 e. The molecular formula is C19H13BrN2. The Morgan fingerprint density at radius 2 is 1.41 bits per heavy atom. The summed E-state index contributed by atoms with van der Waals surface area (Å²) in [4.78, 5) is 0. The highest BCUT2D eigenvalue weighted by Crippen LogP contribution is 2.31. The molecule has 0 fully saturated rings. The lowest BCUT2D eigenvalue weighted by molar-refractivity contribution is 0.904. The third-order valence-electron chi connectivity index (χ3n) is 3.70. The maximum absolute atomic E-state index is 4.79. The molecule has 0 radical (unpaired) electrons. The van der Waals surface area contributed by atoms with Crippen LogP contribution in [0.3, 0.4) is 0 Å². The first-order chi connectivity index (χ1) is 10.8. The fraction of sp³-hybridized carbons (Fsp3) is 0. The lowest BCUT2D eigenvalue weighted by Crippen LogP contribution is -1.98. The van der Waals surface area contributed by atoms with Crippen LogP contribution in [0.15, 0.2) is 83.3 Å². The minimum absolute atomic E-state index is 1.00. The highest BCUT2D eigenvalue weighted by molar-refractivity contribution is 9.10. The topological polar surface area (TPSA) is 17.8 Å². The predicted octanol–water partition coefficient (Wildman–Crippen LogP) is 5.46. The highest BCUT2D eigenvalue weighted by atomic mass is 79.9. The Labute approximate surface area is 137 Å². The molecule has 0 saturated carbocycles. The van der Waals surface area contributed by atoms with E-state index in [2.05, 4.69) is 70.5 Å². The Bertz CT molecular complexity index is 925. The summed E-state index contributed by atoms with van der Waals surface area (Å²) in [7, 11) is 0. The monoisotopic (exact) mass is 348 g/mol. The van der Waals surface area contributed by atoms with Crippen LogP contribution < -0.4 is 0 Å². The Morgan fingerprint density at radius 3 is 2.18 bits per heavy atom. The highest BCUT2D eigenvalue weighted by Gasteiger charge is 2.13. The van der Waals surface area contributed by atoms with Crippen molar-refractivity contribution in [3.63, 3.8) is 0 Å². The standard InChI is InChI=1S/C19H13BrN2/c20-15-12-10-14(11-13-15)19-17-8-4-5-9-18(17)21-22(19)16-6-2-1-3-7-16/h1-13H. The van der Waals surface area contributed by atoms with Crippen LogP contribution in [-0.2, 0) is 0 Å². The van der Waals surface area contributed by atoms with Gasteiger partial charge in [0.15, 0.2) is 0 Å². The molecule has 4 aromatic rings. The van der Waals surface area contributed by atoms with Gasteiger partial charge in [0.05, 0.1) is 16.9 Å². The number of nitrogens with zero attached hydrogens (tertiary/aromatic N) is 2. The molecule has 0 N–H and O–H groups in total. The molecule has 0 aliphatic carbocycles. The second kappa shape index (κ2) is 5.43. The van der Waals surface area contributed by atoms with E-state index in [0.29, 0.717) is 0 Å². The average molecular weight is 349 g/mol. The third kappa shape index (κ3) is 2.24. The Balaban J connectivity index is 2.04. The molecule has 4 rings (SSSR count). The number of benzene rings is 3. The minimum atomic E-state index is 1.00. The van der Waals surface area contributed by atoms with E-state index in [1.54, 1.807) is 0 Å². The number of fused-ring (bicyclic) bond motifs is 1. The second-order valence-corrected chi connectivity index (χ2v) is 6.04. The molecule has 0 amide bonds. The van der Waals surface area contributed by atoms with Gasteiger partial charge in [0, 0.05) is 15.4 Å². The summed E-state index contributed by atoms with van der Waals surface area (Å²) >= 11 is 3.50. The summed E-state index contributed by atoms with van der Waals surface area (Å²) in [5, 5.41) is 5.95. The molecule has 22 heavy (non-hydrogen) atoms. The number of rotatable bonds is 2. The average Bonchev–Trinajstić information content (AvgIpc) is 2.96. The Hall–Kier alpha value is -2.39. The van der Waals surface area contributed by atoms with Crippen LogP contribution in [0.4, 0.5) is 0 Å². The molecule has 0 saturated heterocycles. The van der Waals surface area contributed by atoms with Crippen molar-refractivity contribution in [2.75, 3.05) is 0 Å². The molecule has 1 heterocycles. The second-order valence-electron chi connectivity index (χ2n) is 5.12. The van der Waals surface area contributed by atoms with E-state index in [1.807, 2.05) is 28.9 Å². The normalized spacial score (nSPS) is 11.0. The third-order valence-corrected chi connectivity index (χ3v) is 4.23. The molecule has 0 aliphatic heterocycles. The van der Waals surface area contributed by atoms with E-state index >= 15 is 0 Å². The van der Waals surface area contributed by atoms with Gasteiger partial charge in [0.2, 0.25) is 0 Å². The van der Waals surface area contributed by atoms with Crippen LogP contribution >= 0.6 is 15.9 Å². The number of para-hydroxylation sites is 1. The zero-order chi connectivity index (χ0) is 14.9. The molecule has 106 valence electrons. The minimum Gasteiger partial charge on any atom is -0.232 e. The van der Waals surface area contributed by atoms with Crippen LogP contribution in [0.2, 0.25) is 0 Å². The van der Waals surface area contributed by atoms with Crippen molar-refractivity contribution in [3.05, 3.63) is 83.3 Å². The van der Waals surface area contributed by atoms with Gasteiger partial charge in [0.1, 0.15) is 0 Å². The summed E-state index contributed by atoms with van der Waals surface area (Å²) in [5.41, 5.74) is 4.34. The number of hydrogen-bond acceptors (Lipinski definition) is 1. The summed E-state index contributed by atoms with van der Waals surface area (Å²) in [6.07, 6.45) is 0. The van der Waals surface area contributed by atoms with Crippen LogP contribution in [0.1, 0.15) is 0 Å². The molecular weight excluding hydrogens is 336 g/mol. The molecule has 0 unspecified atom stereocenters. The van der Waals surface area contributed by atoms with Crippen molar-refractivity contribution in [2.45, 2.75) is 0 Å². The molecule has 0 spiro atoms. The van der Waals surface area contributed by atoms with Gasteiger partial charge in [-0.15, -0.1) is 0 Å². The Morgan fingerprint density at radius 1 is 0.727 bits per heavy atom. The lowest BCUT2D eigenvalue weighted by Gasteiger charge is -2.08. The van der Waals surface area contributed by atoms with Crippen molar-refractivity contribution in [3.8, 4) is 16.9 Å². The van der Waals surface area contributed by atoms with Crippen LogP contribution in [0, 0.1) is 0 Å². The molecule has 3 heteroatoms. The molecule has 0 atom stereocenters. The zero-order valence-corrected chi connectivity index (χ0v) is 13.4. The first-order valence-corrected chi connectivity index (χ1v) is 7.91. The predicted molar refractivity (Wildman–Crippen MR) is 94.2 cm³/mol. The van der Waals surface area contributed by atoms with Gasteiger partial charge in [0.25, 0.3) is 0 Å². The van der Waals surface area contributed by atoms with Gasteiger partial charge in [-0.2, -0.15) is 5.10 Å². The van der Waals surface area contributed by atoms with E-state index in [-0.39, 0.29) is 0 Å². The van der Waals surface area contributed by atoms with Crippen molar-refractivity contribution in [1.82, 2.24) is 9.78 Å². The van der Waals surface area contributed by atoms with E-state index in [9.17, 15) is 0 Å².